The lowest BCUT2D eigenvalue weighted by molar-refractivity contribution is 0.404. The van der Waals surface area contributed by atoms with Crippen molar-refractivity contribution in [3.63, 3.8) is 0 Å². The molecule has 0 radical (unpaired) electrons. The lowest BCUT2D eigenvalue weighted by Crippen LogP contribution is -2.17. The molecule has 0 unspecified atom stereocenters. The second-order valence-corrected chi connectivity index (χ2v) is 8.90. The standard InChI is InChI=1S/C16H30O2P/c17-19(18,15-11-7-3-1-4-8-12-15)16-13-9-5-2-6-10-14-16/h11,16-18H,1-10,12-14H2/q+1. The lowest BCUT2D eigenvalue weighted by Gasteiger charge is -2.26. The molecule has 0 aromatic heterocycles. The molecule has 3 heteroatoms. The largest absolute Gasteiger partial charge is 0.298 e. The molecule has 0 saturated heterocycles. The summed E-state index contributed by atoms with van der Waals surface area (Å²) in [6.45, 7) is 0. The molecule has 2 aliphatic carbocycles. The van der Waals surface area contributed by atoms with Crippen LogP contribution in [-0.2, 0) is 0 Å². The van der Waals surface area contributed by atoms with Crippen LogP contribution >= 0.6 is 7.72 Å². The van der Waals surface area contributed by atoms with Gasteiger partial charge in [0.15, 0.2) is 0 Å². The molecule has 0 bridgehead atoms. The molecular weight excluding hydrogens is 255 g/mol. The Morgan fingerprint density at radius 2 is 1.37 bits per heavy atom. The highest BCUT2D eigenvalue weighted by molar-refractivity contribution is 7.69. The van der Waals surface area contributed by atoms with Crippen molar-refractivity contribution in [2.24, 2.45) is 0 Å². The molecule has 1 saturated carbocycles. The summed E-state index contributed by atoms with van der Waals surface area (Å²) in [5, 5.41) is 1.03. The fourth-order valence-electron chi connectivity index (χ4n) is 3.50. The van der Waals surface area contributed by atoms with E-state index in [1.165, 1.54) is 51.4 Å². The van der Waals surface area contributed by atoms with Crippen LogP contribution < -0.4 is 0 Å². The maximum absolute atomic E-state index is 10.8. The average molecular weight is 285 g/mol. The first-order valence-corrected chi connectivity index (χ1v) is 10.0. The van der Waals surface area contributed by atoms with Gasteiger partial charge < -0.3 is 0 Å². The van der Waals surface area contributed by atoms with Crippen LogP contribution in [0, 0.1) is 0 Å². The molecule has 0 aromatic carbocycles. The van der Waals surface area contributed by atoms with Crippen molar-refractivity contribution in [2.45, 2.75) is 89.1 Å². The molecule has 0 aliphatic heterocycles. The molecule has 0 heterocycles. The lowest BCUT2D eigenvalue weighted by atomic mass is 10.0. The SMILES string of the molecule is O[P+](O)(C1=CCCCCCC1)C1CCCCCCC1. The van der Waals surface area contributed by atoms with Crippen LogP contribution in [0.15, 0.2) is 11.4 Å². The van der Waals surface area contributed by atoms with Gasteiger partial charge in [0.25, 0.3) is 7.72 Å². The van der Waals surface area contributed by atoms with Crippen LogP contribution in [0.3, 0.4) is 0 Å². The van der Waals surface area contributed by atoms with Gasteiger partial charge >= 0.3 is 0 Å². The van der Waals surface area contributed by atoms with Gasteiger partial charge in [0.2, 0.25) is 0 Å². The van der Waals surface area contributed by atoms with Crippen molar-refractivity contribution in [1.29, 1.82) is 0 Å². The quantitative estimate of drug-likeness (QED) is 0.687. The zero-order valence-corrected chi connectivity index (χ0v) is 13.1. The minimum Gasteiger partial charge on any atom is -0.215 e. The van der Waals surface area contributed by atoms with E-state index < -0.39 is 7.72 Å². The predicted molar refractivity (Wildman–Crippen MR) is 83.2 cm³/mol. The Hall–Kier alpha value is 0.0900. The van der Waals surface area contributed by atoms with Crippen molar-refractivity contribution >= 4 is 7.72 Å². The summed E-state index contributed by atoms with van der Waals surface area (Å²) >= 11 is 0. The van der Waals surface area contributed by atoms with Crippen molar-refractivity contribution in [3.05, 3.63) is 11.4 Å². The van der Waals surface area contributed by atoms with Crippen LogP contribution in [0.1, 0.15) is 83.5 Å². The molecule has 2 nitrogen and oxygen atoms in total. The van der Waals surface area contributed by atoms with E-state index in [1.54, 1.807) is 0 Å². The van der Waals surface area contributed by atoms with Gasteiger partial charge in [0.05, 0.1) is 0 Å². The Morgan fingerprint density at radius 1 is 0.789 bits per heavy atom. The highest BCUT2D eigenvalue weighted by Gasteiger charge is 2.46. The fourth-order valence-corrected chi connectivity index (χ4v) is 5.94. The zero-order valence-electron chi connectivity index (χ0n) is 12.2. The summed E-state index contributed by atoms with van der Waals surface area (Å²) in [5.74, 6) is 0. The first-order valence-electron chi connectivity index (χ1n) is 8.25. The van der Waals surface area contributed by atoms with Crippen LogP contribution in [0.2, 0.25) is 0 Å². The summed E-state index contributed by atoms with van der Waals surface area (Å²) in [4.78, 5) is 21.6. The van der Waals surface area contributed by atoms with E-state index in [9.17, 15) is 9.79 Å². The summed E-state index contributed by atoms with van der Waals surface area (Å²) in [6, 6.07) is 0. The van der Waals surface area contributed by atoms with Gasteiger partial charge in [0, 0.05) is 6.42 Å². The monoisotopic (exact) mass is 285 g/mol. The van der Waals surface area contributed by atoms with Crippen LogP contribution in [-0.4, -0.2) is 15.4 Å². The van der Waals surface area contributed by atoms with E-state index in [0.29, 0.717) is 0 Å². The maximum Gasteiger partial charge on any atom is 0.298 e. The summed E-state index contributed by atoms with van der Waals surface area (Å²) in [6.07, 6.45) is 17.3. The minimum absolute atomic E-state index is 0.165. The third-order valence-electron chi connectivity index (χ3n) is 4.77. The first kappa shape index (κ1) is 15.5. The van der Waals surface area contributed by atoms with E-state index in [-0.39, 0.29) is 5.66 Å². The van der Waals surface area contributed by atoms with Gasteiger partial charge in [-0.1, -0.05) is 32.1 Å². The summed E-state index contributed by atoms with van der Waals surface area (Å²) in [5.41, 5.74) is 0.165. The summed E-state index contributed by atoms with van der Waals surface area (Å²) in [7, 11) is -2.83. The van der Waals surface area contributed by atoms with E-state index in [2.05, 4.69) is 6.08 Å². The molecule has 2 rings (SSSR count). The molecule has 19 heavy (non-hydrogen) atoms. The molecule has 0 spiro atoms. The van der Waals surface area contributed by atoms with Gasteiger partial charge in [-0.15, -0.1) is 0 Å². The third kappa shape index (κ3) is 4.55. The van der Waals surface area contributed by atoms with E-state index in [4.69, 9.17) is 0 Å². The number of hydrogen-bond donors (Lipinski definition) is 2. The van der Waals surface area contributed by atoms with Gasteiger partial charge in [-0.25, -0.2) is 9.79 Å². The van der Waals surface area contributed by atoms with Crippen LogP contribution in [0.4, 0.5) is 0 Å². The predicted octanol–water partition coefficient (Wildman–Crippen LogP) is 5.17. The zero-order chi connectivity index (χ0) is 13.6. The highest BCUT2D eigenvalue weighted by atomic mass is 31.2. The fraction of sp³-hybridized carbons (Fsp3) is 0.875. The number of hydrogen-bond acceptors (Lipinski definition) is 2. The second-order valence-electron chi connectivity index (χ2n) is 6.30. The Balaban J connectivity index is 2.04. The van der Waals surface area contributed by atoms with Crippen LogP contribution in [0.25, 0.3) is 0 Å². The maximum atomic E-state index is 10.8. The molecule has 0 amide bonds. The van der Waals surface area contributed by atoms with E-state index >= 15 is 0 Å². The normalized spacial score (nSPS) is 24.8. The minimum atomic E-state index is -2.83. The van der Waals surface area contributed by atoms with Crippen molar-refractivity contribution in [2.75, 3.05) is 0 Å². The first-order chi connectivity index (χ1) is 9.21. The molecule has 1 fully saturated rings. The molecular formula is C16H30O2P+. The molecule has 0 atom stereocenters. The van der Waals surface area contributed by atoms with Crippen molar-refractivity contribution in [3.8, 4) is 0 Å². The summed E-state index contributed by atoms with van der Waals surface area (Å²) < 4.78 is 0. The average Bonchev–Trinajstić information content (AvgIpc) is 2.26. The van der Waals surface area contributed by atoms with E-state index in [1.807, 2.05) is 0 Å². The molecule has 110 valence electrons. The van der Waals surface area contributed by atoms with Crippen molar-refractivity contribution in [1.82, 2.24) is 0 Å². The number of allylic oxidation sites excluding steroid dienone is 2. The Labute approximate surface area is 118 Å². The topological polar surface area (TPSA) is 40.5 Å². The van der Waals surface area contributed by atoms with Gasteiger partial charge in [0.1, 0.15) is 11.0 Å². The van der Waals surface area contributed by atoms with Gasteiger partial charge in [-0.3, -0.25) is 0 Å². The number of rotatable bonds is 2. The van der Waals surface area contributed by atoms with Gasteiger partial charge in [-0.05, 0) is 51.0 Å². The smallest absolute Gasteiger partial charge is 0.215 e. The van der Waals surface area contributed by atoms with Crippen molar-refractivity contribution < 1.29 is 9.79 Å². The third-order valence-corrected chi connectivity index (χ3v) is 7.56. The molecule has 0 aromatic rings. The van der Waals surface area contributed by atoms with E-state index in [0.717, 1.165) is 37.4 Å². The molecule has 2 N–H and O–H groups in total. The molecule has 2 aliphatic rings. The second kappa shape index (κ2) is 7.76. The van der Waals surface area contributed by atoms with Gasteiger partial charge in [-0.2, -0.15) is 0 Å². The Bertz CT molecular complexity index is 291. The highest BCUT2D eigenvalue weighted by Crippen LogP contribution is 2.66. The van der Waals surface area contributed by atoms with Crippen LogP contribution in [0.5, 0.6) is 0 Å². The Kier molecular flexibility index (Phi) is 6.32. The Morgan fingerprint density at radius 3 is 2.11 bits per heavy atom.